The molecule has 0 aliphatic heterocycles. The van der Waals surface area contributed by atoms with Crippen molar-refractivity contribution in [1.82, 2.24) is 5.32 Å². The van der Waals surface area contributed by atoms with E-state index in [4.69, 9.17) is 23.2 Å². The average Bonchev–Trinajstić information content (AvgIpc) is 2.33. The highest BCUT2D eigenvalue weighted by Gasteiger charge is 2.11. The Labute approximate surface area is 114 Å². The molecular weight excluding hydrogens is 277 g/mol. The van der Waals surface area contributed by atoms with Crippen molar-refractivity contribution < 1.29 is 9.90 Å². The van der Waals surface area contributed by atoms with Crippen molar-refractivity contribution in [3.05, 3.63) is 39.7 Å². The van der Waals surface area contributed by atoms with Gasteiger partial charge in [0.2, 0.25) is 0 Å². The third-order valence-corrected chi connectivity index (χ3v) is 2.78. The maximum absolute atomic E-state index is 11.4. The number of aliphatic hydroxyl groups excluding tert-OH is 1. The molecule has 96 valence electrons. The molecule has 0 atom stereocenters. The first-order chi connectivity index (χ1) is 8.47. The van der Waals surface area contributed by atoms with Crippen LogP contribution in [0.25, 0.3) is 0 Å². The standard InChI is InChI=1S/C11H11Cl2N3O2/c1-6(17)10(11(18)14-2)16-15-8-5-3-4-7(12)9(8)13/h3-5,17H,1-2H3,(H,14,18)/b10-6-,16-15?. The molecule has 2 N–H and O–H groups in total. The highest BCUT2D eigenvalue weighted by molar-refractivity contribution is 6.43. The minimum absolute atomic E-state index is 0.187. The highest BCUT2D eigenvalue weighted by Crippen LogP contribution is 2.32. The number of hydrogen-bond donors (Lipinski definition) is 2. The number of azo groups is 1. The zero-order chi connectivity index (χ0) is 13.7. The molecule has 0 saturated carbocycles. The number of benzene rings is 1. The van der Waals surface area contributed by atoms with Crippen LogP contribution < -0.4 is 5.32 Å². The van der Waals surface area contributed by atoms with Crippen LogP contribution >= 0.6 is 23.2 Å². The molecule has 1 rings (SSSR count). The number of carbonyl (C=O) groups is 1. The molecule has 0 radical (unpaired) electrons. The molecule has 0 unspecified atom stereocenters. The van der Waals surface area contributed by atoms with E-state index in [2.05, 4.69) is 15.5 Å². The van der Waals surface area contributed by atoms with Gasteiger partial charge in [0.1, 0.15) is 11.4 Å². The normalized spacial score (nSPS) is 12.4. The van der Waals surface area contributed by atoms with Crippen LogP contribution in [0, 0.1) is 0 Å². The van der Waals surface area contributed by atoms with E-state index in [1.54, 1.807) is 18.2 Å². The van der Waals surface area contributed by atoms with Gasteiger partial charge in [0.05, 0.1) is 10.0 Å². The second kappa shape index (κ2) is 6.37. The van der Waals surface area contributed by atoms with Gasteiger partial charge >= 0.3 is 0 Å². The van der Waals surface area contributed by atoms with E-state index in [0.717, 1.165) is 0 Å². The maximum atomic E-state index is 11.4. The van der Waals surface area contributed by atoms with Gasteiger partial charge in [-0.2, -0.15) is 0 Å². The van der Waals surface area contributed by atoms with Crippen molar-refractivity contribution >= 4 is 34.8 Å². The number of hydrogen-bond acceptors (Lipinski definition) is 4. The Bertz CT molecular complexity index is 523. The topological polar surface area (TPSA) is 74.0 Å². The van der Waals surface area contributed by atoms with Gasteiger partial charge in [-0.05, 0) is 19.1 Å². The molecule has 7 heteroatoms. The van der Waals surface area contributed by atoms with Gasteiger partial charge < -0.3 is 10.4 Å². The summed E-state index contributed by atoms with van der Waals surface area (Å²) >= 11 is 11.7. The molecule has 5 nitrogen and oxygen atoms in total. The lowest BCUT2D eigenvalue weighted by atomic mass is 10.3. The fraction of sp³-hybridized carbons (Fsp3) is 0.182. The summed E-state index contributed by atoms with van der Waals surface area (Å²) in [5.74, 6) is -0.784. The number of likely N-dealkylation sites (N-methyl/N-ethyl adjacent to an activating group) is 1. The van der Waals surface area contributed by atoms with Crippen LogP contribution in [-0.2, 0) is 4.79 Å². The first-order valence-electron chi connectivity index (χ1n) is 4.95. The Hall–Kier alpha value is -1.59. The molecule has 0 aliphatic rings. The van der Waals surface area contributed by atoms with Crippen LogP contribution in [0.3, 0.4) is 0 Å². The summed E-state index contributed by atoms with van der Waals surface area (Å²) in [6.07, 6.45) is 0. The summed E-state index contributed by atoms with van der Waals surface area (Å²) in [6.45, 7) is 1.34. The van der Waals surface area contributed by atoms with Crippen molar-refractivity contribution in [2.24, 2.45) is 10.2 Å². The van der Waals surface area contributed by atoms with Gasteiger partial charge in [-0.3, -0.25) is 4.79 Å². The SMILES string of the molecule is CNC(=O)/C(N=Nc1cccc(Cl)c1Cl)=C(\C)O. The van der Waals surface area contributed by atoms with Crippen molar-refractivity contribution in [2.45, 2.75) is 6.92 Å². The zero-order valence-electron chi connectivity index (χ0n) is 9.74. The summed E-state index contributed by atoms with van der Waals surface area (Å²) in [4.78, 5) is 11.4. The molecule has 0 spiro atoms. The van der Waals surface area contributed by atoms with Crippen molar-refractivity contribution in [2.75, 3.05) is 7.05 Å². The molecule has 0 heterocycles. The van der Waals surface area contributed by atoms with Gasteiger partial charge in [0.15, 0.2) is 5.70 Å². The fourth-order valence-electron chi connectivity index (χ4n) is 1.07. The quantitative estimate of drug-likeness (QED) is 0.506. The summed E-state index contributed by atoms with van der Waals surface area (Å²) < 4.78 is 0. The number of halogens is 2. The van der Waals surface area contributed by atoms with E-state index < -0.39 is 5.91 Å². The summed E-state index contributed by atoms with van der Waals surface area (Å²) in [6, 6.07) is 4.85. The van der Waals surface area contributed by atoms with Crippen LogP contribution in [0.15, 0.2) is 39.9 Å². The lowest BCUT2D eigenvalue weighted by Crippen LogP contribution is -2.20. The Morgan fingerprint density at radius 3 is 2.61 bits per heavy atom. The average molecular weight is 288 g/mol. The predicted octanol–water partition coefficient (Wildman–Crippen LogP) is 3.61. The number of rotatable bonds is 3. The van der Waals surface area contributed by atoms with Gasteiger partial charge in [0, 0.05) is 7.05 Å². The highest BCUT2D eigenvalue weighted by atomic mass is 35.5. The summed E-state index contributed by atoms with van der Waals surface area (Å²) in [5, 5.41) is 19.7. The lowest BCUT2D eigenvalue weighted by Gasteiger charge is -2.01. The van der Waals surface area contributed by atoms with Crippen molar-refractivity contribution in [3.8, 4) is 0 Å². The van der Waals surface area contributed by atoms with Crippen LogP contribution in [0.5, 0.6) is 0 Å². The van der Waals surface area contributed by atoms with E-state index in [-0.39, 0.29) is 16.5 Å². The minimum atomic E-state index is -0.545. The monoisotopic (exact) mass is 287 g/mol. The molecule has 0 saturated heterocycles. The zero-order valence-corrected chi connectivity index (χ0v) is 11.2. The second-order valence-electron chi connectivity index (χ2n) is 3.29. The number of nitrogens with one attached hydrogen (secondary N) is 1. The van der Waals surface area contributed by atoms with Crippen molar-refractivity contribution in [1.29, 1.82) is 0 Å². The van der Waals surface area contributed by atoms with Gasteiger partial charge in [-0.25, -0.2) is 0 Å². The van der Waals surface area contributed by atoms with E-state index in [1.165, 1.54) is 14.0 Å². The second-order valence-corrected chi connectivity index (χ2v) is 4.07. The molecule has 0 aromatic heterocycles. The van der Waals surface area contributed by atoms with E-state index >= 15 is 0 Å². The molecule has 1 amide bonds. The number of allylic oxidation sites excluding steroid dienone is 1. The van der Waals surface area contributed by atoms with Gasteiger partial charge in [0.25, 0.3) is 5.91 Å². The first kappa shape index (κ1) is 14.5. The summed E-state index contributed by atoms with van der Waals surface area (Å²) in [5.41, 5.74) is 0.125. The van der Waals surface area contributed by atoms with Crippen LogP contribution in [0.4, 0.5) is 5.69 Å². The maximum Gasteiger partial charge on any atom is 0.275 e. The van der Waals surface area contributed by atoms with Crippen molar-refractivity contribution in [3.63, 3.8) is 0 Å². The molecular formula is C11H11Cl2N3O2. The van der Waals surface area contributed by atoms with Crippen LogP contribution in [0.1, 0.15) is 6.92 Å². The lowest BCUT2D eigenvalue weighted by molar-refractivity contribution is -0.117. The summed E-state index contributed by atoms with van der Waals surface area (Å²) in [7, 11) is 1.42. The van der Waals surface area contributed by atoms with E-state index in [9.17, 15) is 9.90 Å². The molecule has 0 aliphatic carbocycles. The predicted molar refractivity (Wildman–Crippen MR) is 70.4 cm³/mol. The van der Waals surface area contributed by atoms with Gasteiger partial charge in [-0.1, -0.05) is 29.3 Å². The molecule has 0 bridgehead atoms. The Morgan fingerprint density at radius 1 is 1.39 bits per heavy atom. The third kappa shape index (κ3) is 3.45. The van der Waals surface area contributed by atoms with Gasteiger partial charge in [-0.15, -0.1) is 10.2 Å². The fourth-order valence-corrected chi connectivity index (χ4v) is 1.41. The number of carbonyl (C=O) groups excluding carboxylic acids is 1. The Balaban J connectivity index is 3.09. The Kier molecular flexibility index (Phi) is 5.12. The van der Waals surface area contributed by atoms with E-state index in [0.29, 0.717) is 10.7 Å². The van der Waals surface area contributed by atoms with Crippen LogP contribution in [0.2, 0.25) is 10.0 Å². The Morgan fingerprint density at radius 2 is 2.06 bits per heavy atom. The number of amides is 1. The number of nitrogens with zero attached hydrogens (tertiary/aromatic N) is 2. The minimum Gasteiger partial charge on any atom is -0.510 e. The first-order valence-corrected chi connectivity index (χ1v) is 5.70. The van der Waals surface area contributed by atoms with Crippen LogP contribution in [-0.4, -0.2) is 18.1 Å². The third-order valence-electron chi connectivity index (χ3n) is 1.97. The largest absolute Gasteiger partial charge is 0.510 e. The molecule has 1 aromatic carbocycles. The van der Waals surface area contributed by atoms with E-state index in [1.807, 2.05) is 0 Å². The molecule has 18 heavy (non-hydrogen) atoms. The molecule has 1 aromatic rings. The smallest absolute Gasteiger partial charge is 0.275 e. The number of aliphatic hydroxyl groups is 1. The molecule has 0 fully saturated rings.